The molecule has 0 N–H and O–H groups in total. The molecule has 0 atom stereocenters. The van der Waals surface area contributed by atoms with Crippen molar-refractivity contribution in [1.82, 2.24) is 0 Å². The van der Waals surface area contributed by atoms with Gasteiger partial charge in [-0.25, -0.2) is 0 Å². The molecule has 69 valence electrons. The second-order valence-corrected chi connectivity index (χ2v) is 4.65. The first kappa shape index (κ1) is 8.59. The molecule has 1 radical (unpaired) electrons. The van der Waals surface area contributed by atoms with E-state index in [1.165, 1.54) is 57.8 Å². The first-order valence-electron chi connectivity index (χ1n) is 5.78. The molecule has 0 aromatic carbocycles. The third-order valence-electron chi connectivity index (χ3n) is 3.70. The molecule has 0 aliphatic heterocycles. The second kappa shape index (κ2) is 4.30. The van der Waals surface area contributed by atoms with Gasteiger partial charge in [0.25, 0.3) is 0 Å². The van der Waals surface area contributed by atoms with Crippen LogP contribution in [0.5, 0.6) is 0 Å². The maximum absolute atomic E-state index is 2.62. The molecular weight excluding hydrogens is 144 g/mol. The van der Waals surface area contributed by atoms with E-state index in [-0.39, 0.29) is 0 Å². The van der Waals surface area contributed by atoms with Crippen molar-refractivity contribution in [2.45, 2.75) is 57.8 Å². The van der Waals surface area contributed by atoms with E-state index in [1.807, 2.05) is 0 Å². The molecule has 2 saturated carbocycles. The van der Waals surface area contributed by atoms with Gasteiger partial charge in [-0.1, -0.05) is 51.4 Å². The van der Waals surface area contributed by atoms with Crippen LogP contribution in [0.4, 0.5) is 0 Å². The molecule has 0 heteroatoms. The largest absolute Gasteiger partial charge is 0.0530 e. The Balaban J connectivity index is 1.49. The molecule has 0 aromatic heterocycles. The highest BCUT2D eigenvalue weighted by molar-refractivity contribution is 4.82. The minimum Gasteiger partial charge on any atom is -0.0530 e. The molecule has 0 aromatic rings. The summed E-state index contributed by atoms with van der Waals surface area (Å²) in [4.78, 5) is 0. The van der Waals surface area contributed by atoms with Gasteiger partial charge in [0.15, 0.2) is 0 Å². The van der Waals surface area contributed by atoms with Gasteiger partial charge in [-0.2, -0.15) is 0 Å². The Kier molecular flexibility index (Phi) is 3.08. The highest BCUT2D eigenvalue weighted by Gasteiger charge is 2.19. The quantitative estimate of drug-likeness (QED) is 0.591. The molecule has 0 spiro atoms. The maximum Gasteiger partial charge on any atom is -0.0355 e. The second-order valence-electron chi connectivity index (χ2n) is 4.65. The van der Waals surface area contributed by atoms with Gasteiger partial charge in [0, 0.05) is 0 Å². The molecule has 0 heterocycles. The SMILES string of the molecule is [CH](CCC1CCC1)C1CCCC1. The minimum atomic E-state index is 1.00. The van der Waals surface area contributed by atoms with Crippen LogP contribution in [0, 0.1) is 18.3 Å². The molecule has 0 nitrogen and oxygen atoms in total. The van der Waals surface area contributed by atoms with Crippen molar-refractivity contribution in [1.29, 1.82) is 0 Å². The summed E-state index contributed by atoms with van der Waals surface area (Å²) in [6.07, 6.45) is 16.0. The van der Waals surface area contributed by atoms with Crippen LogP contribution in [-0.2, 0) is 0 Å². The lowest BCUT2D eigenvalue weighted by Crippen LogP contribution is -2.11. The van der Waals surface area contributed by atoms with Crippen LogP contribution >= 0.6 is 0 Å². The van der Waals surface area contributed by atoms with Crippen molar-refractivity contribution in [2.24, 2.45) is 11.8 Å². The maximum atomic E-state index is 2.62. The topological polar surface area (TPSA) is 0 Å². The number of hydrogen-bond donors (Lipinski definition) is 0. The van der Waals surface area contributed by atoms with E-state index in [0.29, 0.717) is 0 Å². The van der Waals surface area contributed by atoms with Crippen LogP contribution in [0.1, 0.15) is 57.8 Å². The Morgan fingerprint density at radius 3 is 2.25 bits per heavy atom. The average Bonchev–Trinajstić information content (AvgIpc) is 2.46. The normalized spacial score (nSPS) is 26.0. The van der Waals surface area contributed by atoms with E-state index < -0.39 is 0 Å². The number of rotatable bonds is 4. The summed E-state index contributed by atoms with van der Waals surface area (Å²) in [7, 11) is 0. The molecule has 12 heavy (non-hydrogen) atoms. The molecule has 2 rings (SSSR count). The Hall–Kier alpha value is 0. The van der Waals surface area contributed by atoms with Crippen molar-refractivity contribution in [3.8, 4) is 0 Å². The Morgan fingerprint density at radius 1 is 0.917 bits per heavy atom. The van der Waals surface area contributed by atoms with Crippen LogP contribution in [0.25, 0.3) is 0 Å². The molecule has 2 aliphatic rings. The van der Waals surface area contributed by atoms with Gasteiger partial charge in [0.1, 0.15) is 0 Å². The highest BCUT2D eigenvalue weighted by atomic mass is 14.2. The van der Waals surface area contributed by atoms with Crippen molar-refractivity contribution < 1.29 is 0 Å². The lowest BCUT2D eigenvalue weighted by atomic mass is 9.81. The summed E-state index contributed by atoms with van der Waals surface area (Å²) in [6.45, 7) is 0. The minimum absolute atomic E-state index is 1.00. The number of hydrogen-bond acceptors (Lipinski definition) is 0. The van der Waals surface area contributed by atoms with Gasteiger partial charge < -0.3 is 0 Å². The lowest BCUT2D eigenvalue weighted by Gasteiger charge is -2.25. The summed E-state index contributed by atoms with van der Waals surface area (Å²) in [5.74, 6) is 2.12. The Labute approximate surface area is 76.7 Å². The highest BCUT2D eigenvalue weighted by Crippen LogP contribution is 2.33. The smallest absolute Gasteiger partial charge is 0.0355 e. The molecule has 0 bridgehead atoms. The van der Waals surface area contributed by atoms with Gasteiger partial charge >= 0.3 is 0 Å². The summed E-state index contributed by atoms with van der Waals surface area (Å²) in [5, 5.41) is 0. The zero-order valence-corrected chi connectivity index (χ0v) is 8.10. The van der Waals surface area contributed by atoms with Crippen LogP contribution in [0.2, 0.25) is 0 Å². The van der Waals surface area contributed by atoms with Gasteiger partial charge in [0.05, 0.1) is 0 Å². The zero-order valence-electron chi connectivity index (χ0n) is 8.10. The molecule has 2 fully saturated rings. The van der Waals surface area contributed by atoms with Crippen LogP contribution in [0.3, 0.4) is 0 Å². The van der Waals surface area contributed by atoms with Crippen LogP contribution in [0.15, 0.2) is 0 Å². The van der Waals surface area contributed by atoms with E-state index in [2.05, 4.69) is 6.42 Å². The Morgan fingerprint density at radius 2 is 1.67 bits per heavy atom. The van der Waals surface area contributed by atoms with Crippen LogP contribution < -0.4 is 0 Å². The van der Waals surface area contributed by atoms with Crippen molar-refractivity contribution >= 4 is 0 Å². The average molecular weight is 165 g/mol. The van der Waals surface area contributed by atoms with Crippen molar-refractivity contribution in [3.63, 3.8) is 0 Å². The van der Waals surface area contributed by atoms with Crippen molar-refractivity contribution in [2.75, 3.05) is 0 Å². The van der Waals surface area contributed by atoms with E-state index in [1.54, 1.807) is 0 Å². The summed E-state index contributed by atoms with van der Waals surface area (Å²) in [5.41, 5.74) is 0. The van der Waals surface area contributed by atoms with Gasteiger partial charge in [-0.15, -0.1) is 0 Å². The summed E-state index contributed by atoms with van der Waals surface area (Å²) >= 11 is 0. The summed E-state index contributed by atoms with van der Waals surface area (Å²) < 4.78 is 0. The first-order valence-corrected chi connectivity index (χ1v) is 5.78. The predicted octanol–water partition coefficient (Wildman–Crippen LogP) is 3.96. The summed E-state index contributed by atoms with van der Waals surface area (Å²) in [6, 6.07) is 0. The van der Waals surface area contributed by atoms with E-state index in [4.69, 9.17) is 0 Å². The van der Waals surface area contributed by atoms with Gasteiger partial charge in [-0.05, 0) is 24.7 Å². The fourth-order valence-corrected chi connectivity index (χ4v) is 2.54. The monoisotopic (exact) mass is 165 g/mol. The standard InChI is InChI=1S/C12H21/c1-2-6-11(5-1)7-3-8-12-9-4-10-12/h7,11-12H,1-6,8-10H2. The van der Waals surface area contributed by atoms with Gasteiger partial charge in [0.2, 0.25) is 0 Å². The molecule has 0 unspecified atom stereocenters. The van der Waals surface area contributed by atoms with Crippen LogP contribution in [-0.4, -0.2) is 0 Å². The molecule has 0 saturated heterocycles. The third kappa shape index (κ3) is 2.24. The first-order chi connectivity index (χ1) is 5.95. The molecule has 2 aliphatic carbocycles. The van der Waals surface area contributed by atoms with Gasteiger partial charge in [-0.3, -0.25) is 0 Å². The Bertz CT molecular complexity index is 118. The molecular formula is C12H21. The third-order valence-corrected chi connectivity index (χ3v) is 3.70. The fraction of sp³-hybridized carbons (Fsp3) is 0.917. The lowest BCUT2D eigenvalue weighted by molar-refractivity contribution is 0.292. The van der Waals surface area contributed by atoms with Crippen molar-refractivity contribution in [3.05, 3.63) is 6.42 Å². The van der Waals surface area contributed by atoms with E-state index in [9.17, 15) is 0 Å². The van der Waals surface area contributed by atoms with E-state index >= 15 is 0 Å². The van der Waals surface area contributed by atoms with E-state index in [0.717, 1.165) is 11.8 Å². The predicted molar refractivity (Wildman–Crippen MR) is 52.8 cm³/mol. The zero-order chi connectivity index (χ0) is 8.23. The fourth-order valence-electron chi connectivity index (χ4n) is 2.54. The molecule has 0 amide bonds.